The summed E-state index contributed by atoms with van der Waals surface area (Å²) in [6, 6.07) is 12.2. The van der Waals surface area contributed by atoms with Gasteiger partial charge in [-0.1, -0.05) is 45.0 Å². The van der Waals surface area contributed by atoms with Crippen LogP contribution >= 0.6 is 0 Å². The van der Waals surface area contributed by atoms with E-state index in [4.69, 9.17) is 5.26 Å². The fourth-order valence-electron chi connectivity index (χ4n) is 4.19. The fourth-order valence-corrected chi connectivity index (χ4v) is 5.56. The third kappa shape index (κ3) is 6.61. The number of hydrogen-bond donors (Lipinski definition) is 3. The molecule has 0 unspecified atom stereocenters. The molecule has 4 rings (SSSR count). The molecule has 0 aliphatic heterocycles. The second kappa shape index (κ2) is 11.1. The topological polar surface area (TPSA) is 146 Å². The molecule has 1 atom stereocenters. The zero-order valence-electron chi connectivity index (χ0n) is 22.0. The van der Waals surface area contributed by atoms with Gasteiger partial charge in [-0.3, -0.25) is 14.3 Å². The van der Waals surface area contributed by atoms with Crippen LogP contribution in [-0.4, -0.2) is 54.4 Å². The van der Waals surface area contributed by atoms with Crippen LogP contribution in [0.5, 0.6) is 0 Å². The highest BCUT2D eigenvalue weighted by atomic mass is 32.2. The summed E-state index contributed by atoms with van der Waals surface area (Å²) in [7, 11) is -3.36. The average molecular weight is 555 g/mol. The molecule has 2 amide bonds. The first kappa shape index (κ1) is 28.2. The Morgan fingerprint density at radius 1 is 1.15 bits per heavy atom. The first-order valence-electron chi connectivity index (χ1n) is 12.6. The number of fused-ring (bicyclic) bond motifs is 1. The first-order valence-corrected chi connectivity index (χ1v) is 14.2. The Bertz CT molecular complexity index is 1530. The molecular weight excluding hydrogens is 523 g/mol. The van der Waals surface area contributed by atoms with Gasteiger partial charge in [0.05, 0.1) is 23.4 Å². The Balaban J connectivity index is 1.51. The molecular formula is C27H31FN6O4S. The van der Waals surface area contributed by atoms with Crippen LogP contribution < -0.4 is 15.4 Å². The number of halogens is 1. The maximum absolute atomic E-state index is 14.9. The lowest BCUT2D eigenvalue weighted by atomic mass is 9.86. The Kier molecular flexibility index (Phi) is 8.04. The predicted octanol–water partition coefficient (Wildman–Crippen LogP) is 2.44. The molecule has 1 heterocycles. The number of para-hydroxylation sites is 1. The van der Waals surface area contributed by atoms with Crippen molar-refractivity contribution in [3.63, 3.8) is 0 Å². The van der Waals surface area contributed by atoms with E-state index in [1.54, 1.807) is 51.1 Å². The molecule has 0 bridgehead atoms. The van der Waals surface area contributed by atoms with Crippen molar-refractivity contribution < 1.29 is 22.4 Å². The molecule has 12 heteroatoms. The quantitative estimate of drug-likeness (QED) is 0.328. The standard InChI is InChI=1S/C27H31FN6O4S/c1-27(2,3)24(26(36)30-13-14-31-39(37,38)19-11-12-19)32-25(35)22-20-5-4-6-21(28)23(20)34(33-22)16-18-9-7-17(15-29)8-10-18/h4-10,19,24,31H,11-14,16H2,1-3H3,(H,30,36)(H,32,35)/t24-/m1/s1. The number of benzene rings is 2. The van der Waals surface area contributed by atoms with Gasteiger partial charge in [-0.25, -0.2) is 17.5 Å². The largest absolute Gasteiger partial charge is 0.353 e. The van der Waals surface area contributed by atoms with Crippen molar-refractivity contribution in [1.82, 2.24) is 25.1 Å². The lowest BCUT2D eigenvalue weighted by Gasteiger charge is -2.30. The molecule has 206 valence electrons. The van der Waals surface area contributed by atoms with Crippen molar-refractivity contribution in [1.29, 1.82) is 5.26 Å². The SMILES string of the molecule is CC(C)(C)[C@H](NC(=O)c1nn(Cc2ccc(C#N)cc2)c2c(F)cccc12)C(=O)NCCNS(=O)(=O)C1CC1. The van der Waals surface area contributed by atoms with Crippen molar-refractivity contribution in [3.05, 3.63) is 65.1 Å². The third-order valence-corrected chi connectivity index (χ3v) is 8.40. The van der Waals surface area contributed by atoms with Gasteiger partial charge in [0, 0.05) is 18.5 Å². The van der Waals surface area contributed by atoms with Crippen LogP contribution in [0.4, 0.5) is 4.39 Å². The van der Waals surface area contributed by atoms with E-state index in [1.807, 2.05) is 6.07 Å². The van der Waals surface area contributed by atoms with Gasteiger partial charge in [-0.2, -0.15) is 10.4 Å². The number of hydrogen-bond acceptors (Lipinski definition) is 6. The second-order valence-corrected chi connectivity index (χ2v) is 12.7. The van der Waals surface area contributed by atoms with Crippen molar-refractivity contribution in [3.8, 4) is 6.07 Å². The van der Waals surface area contributed by atoms with Gasteiger partial charge in [-0.15, -0.1) is 0 Å². The predicted molar refractivity (Wildman–Crippen MR) is 144 cm³/mol. The summed E-state index contributed by atoms with van der Waals surface area (Å²) in [5, 5.41) is 18.8. The highest BCUT2D eigenvalue weighted by Crippen LogP contribution is 2.27. The summed E-state index contributed by atoms with van der Waals surface area (Å²) in [5.74, 6) is -1.67. The Labute approximate surface area is 226 Å². The molecule has 1 aliphatic rings. The van der Waals surface area contributed by atoms with Crippen LogP contribution in [0.1, 0.15) is 55.2 Å². The summed E-state index contributed by atoms with van der Waals surface area (Å²) >= 11 is 0. The van der Waals surface area contributed by atoms with E-state index in [1.165, 1.54) is 16.8 Å². The first-order chi connectivity index (χ1) is 18.4. The van der Waals surface area contributed by atoms with Crippen LogP contribution in [-0.2, 0) is 21.4 Å². The molecule has 0 spiro atoms. The van der Waals surface area contributed by atoms with Gasteiger partial charge in [0.25, 0.3) is 5.91 Å². The van der Waals surface area contributed by atoms with Gasteiger partial charge >= 0.3 is 0 Å². The van der Waals surface area contributed by atoms with E-state index < -0.39 is 39.1 Å². The number of nitrogens with zero attached hydrogens (tertiary/aromatic N) is 3. The van der Waals surface area contributed by atoms with Crippen molar-refractivity contribution in [2.75, 3.05) is 13.1 Å². The van der Waals surface area contributed by atoms with Crippen LogP contribution in [0, 0.1) is 22.6 Å². The molecule has 10 nitrogen and oxygen atoms in total. The molecule has 3 aromatic rings. The fraction of sp³-hybridized carbons (Fsp3) is 0.407. The van der Waals surface area contributed by atoms with Crippen LogP contribution in [0.3, 0.4) is 0 Å². The monoisotopic (exact) mass is 554 g/mol. The molecule has 0 saturated heterocycles. The van der Waals surface area contributed by atoms with Gasteiger partial charge in [0.15, 0.2) is 5.69 Å². The average Bonchev–Trinajstić information content (AvgIpc) is 3.68. The van der Waals surface area contributed by atoms with Crippen molar-refractivity contribution in [2.45, 2.75) is 51.4 Å². The zero-order valence-corrected chi connectivity index (χ0v) is 22.8. The number of nitrogens with one attached hydrogen (secondary N) is 3. The highest BCUT2D eigenvalue weighted by molar-refractivity contribution is 7.90. The molecule has 1 aliphatic carbocycles. The van der Waals surface area contributed by atoms with E-state index >= 15 is 0 Å². The molecule has 39 heavy (non-hydrogen) atoms. The molecule has 0 radical (unpaired) electrons. The number of amides is 2. The lowest BCUT2D eigenvalue weighted by Crippen LogP contribution is -2.54. The van der Waals surface area contributed by atoms with E-state index in [0.717, 1.165) is 5.56 Å². The van der Waals surface area contributed by atoms with Crippen LogP contribution in [0.25, 0.3) is 10.9 Å². The Morgan fingerprint density at radius 3 is 2.46 bits per heavy atom. The Hall–Kier alpha value is -3.82. The van der Waals surface area contributed by atoms with Gasteiger partial charge in [0.2, 0.25) is 15.9 Å². The minimum atomic E-state index is -3.36. The van der Waals surface area contributed by atoms with Gasteiger partial charge in [0.1, 0.15) is 17.4 Å². The minimum Gasteiger partial charge on any atom is -0.353 e. The smallest absolute Gasteiger partial charge is 0.273 e. The number of sulfonamides is 1. The van der Waals surface area contributed by atoms with E-state index in [-0.39, 0.29) is 36.1 Å². The molecule has 3 N–H and O–H groups in total. The van der Waals surface area contributed by atoms with Crippen molar-refractivity contribution in [2.24, 2.45) is 5.41 Å². The van der Waals surface area contributed by atoms with Crippen LogP contribution in [0.15, 0.2) is 42.5 Å². The summed E-state index contributed by atoms with van der Waals surface area (Å²) in [4.78, 5) is 26.4. The van der Waals surface area contributed by atoms with E-state index in [2.05, 4.69) is 20.5 Å². The van der Waals surface area contributed by atoms with Crippen molar-refractivity contribution >= 4 is 32.7 Å². The Morgan fingerprint density at radius 2 is 1.85 bits per heavy atom. The molecule has 2 aromatic carbocycles. The summed E-state index contributed by atoms with van der Waals surface area (Å²) in [6.45, 7) is 5.62. The molecule has 1 saturated carbocycles. The lowest BCUT2D eigenvalue weighted by molar-refractivity contribution is -0.125. The number of carbonyl (C=O) groups is 2. The second-order valence-electron chi connectivity index (χ2n) is 10.7. The summed E-state index contributed by atoms with van der Waals surface area (Å²) < 4.78 is 42.7. The van der Waals surface area contributed by atoms with Crippen LogP contribution in [0.2, 0.25) is 0 Å². The minimum absolute atomic E-state index is 0.0302. The van der Waals surface area contributed by atoms with Gasteiger partial charge < -0.3 is 10.6 Å². The summed E-state index contributed by atoms with van der Waals surface area (Å²) in [5.41, 5.74) is 0.670. The number of aromatic nitrogens is 2. The normalized spacial score (nSPS) is 14.5. The highest BCUT2D eigenvalue weighted by Gasteiger charge is 2.36. The maximum Gasteiger partial charge on any atom is 0.273 e. The van der Waals surface area contributed by atoms with Gasteiger partial charge in [-0.05, 0) is 42.0 Å². The zero-order chi connectivity index (χ0) is 28.4. The van der Waals surface area contributed by atoms with E-state index in [9.17, 15) is 22.4 Å². The summed E-state index contributed by atoms with van der Waals surface area (Å²) in [6.07, 6.45) is 1.28. The number of nitriles is 1. The number of rotatable bonds is 10. The third-order valence-electron chi connectivity index (χ3n) is 6.45. The molecule has 1 fully saturated rings. The van der Waals surface area contributed by atoms with E-state index in [0.29, 0.717) is 23.8 Å². The maximum atomic E-state index is 14.9. The number of carbonyl (C=O) groups excluding carboxylic acids is 2. The molecule has 1 aromatic heterocycles.